The summed E-state index contributed by atoms with van der Waals surface area (Å²) in [5, 5.41) is 11.4. The number of halogens is 2. The minimum atomic E-state index is -0.823. The first kappa shape index (κ1) is 13.6. The molecule has 0 saturated carbocycles. The minimum Gasteiger partial charge on any atom is -0.481 e. The second-order valence-corrected chi connectivity index (χ2v) is 3.73. The molecule has 0 unspecified atom stereocenters. The zero-order valence-electron chi connectivity index (χ0n) is 9.38. The number of carbonyl (C=O) groups is 1. The molecule has 0 saturated heterocycles. The van der Waals surface area contributed by atoms with Crippen LogP contribution in [-0.4, -0.2) is 24.2 Å². The normalized spacial score (nSPS) is 10.5. The maximum Gasteiger partial charge on any atom is 0.303 e. The van der Waals surface area contributed by atoms with Gasteiger partial charge in [-0.2, -0.15) is 0 Å². The van der Waals surface area contributed by atoms with Crippen molar-refractivity contribution >= 4 is 5.97 Å². The molecule has 1 aromatic carbocycles. The summed E-state index contributed by atoms with van der Waals surface area (Å²) in [5.74, 6) is -1.95. The van der Waals surface area contributed by atoms with Crippen LogP contribution in [0, 0.1) is 11.6 Å². The topological polar surface area (TPSA) is 49.3 Å². The summed E-state index contributed by atoms with van der Waals surface area (Å²) >= 11 is 0. The van der Waals surface area contributed by atoms with Crippen molar-refractivity contribution in [3.63, 3.8) is 0 Å². The van der Waals surface area contributed by atoms with Gasteiger partial charge >= 0.3 is 5.97 Å². The van der Waals surface area contributed by atoms with Crippen LogP contribution >= 0.6 is 0 Å². The van der Waals surface area contributed by atoms with Gasteiger partial charge in [0.15, 0.2) is 0 Å². The number of benzene rings is 1. The Hall–Kier alpha value is -1.49. The molecular formula is C12H15F2NO2. The predicted molar refractivity (Wildman–Crippen MR) is 59.8 cm³/mol. The van der Waals surface area contributed by atoms with E-state index in [1.54, 1.807) is 0 Å². The highest BCUT2D eigenvalue weighted by Gasteiger charge is 2.03. The largest absolute Gasteiger partial charge is 0.481 e. The molecule has 0 fully saturated rings. The highest BCUT2D eigenvalue weighted by atomic mass is 19.1. The van der Waals surface area contributed by atoms with Crippen LogP contribution in [-0.2, 0) is 11.2 Å². The lowest BCUT2D eigenvalue weighted by Gasteiger charge is -2.05. The third-order valence-electron chi connectivity index (χ3n) is 2.33. The van der Waals surface area contributed by atoms with Gasteiger partial charge < -0.3 is 10.4 Å². The maximum absolute atomic E-state index is 13.2. The molecule has 0 aliphatic rings. The Morgan fingerprint density at radius 2 is 2.06 bits per heavy atom. The molecule has 0 spiro atoms. The van der Waals surface area contributed by atoms with Crippen LogP contribution in [0.4, 0.5) is 8.78 Å². The zero-order chi connectivity index (χ0) is 12.7. The van der Waals surface area contributed by atoms with Crippen LogP contribution < -0.4 is 5.32 Å². The standard InChI is InChI=1S/C12H15F2NO2/c13-10-4-3-9(11(14)8-10)5-7-15-6-1-2-12(16)17/h3-4,8,15H,1-2,5-7H2,(H,16,17). The van der Waals surface area contributed by atoms with Crippen LogP contribution in [0.25, 0.3) is 0 Å². The highest BCUT2D eigenvalue weighted by Crippen LogP contribution is 2.09. The maximum atomic E-state index is 13.2. The summed E-state index contributed by atoms with van der Waals surface area (Å²) in [7, 11) is 0. The summed E-state index contributed by atoms with van der Waals surface area (Å²) in [5.41, 5.74) is 0.456. The molecule has 5 heteroatoms. The molecule has 1 rings (SSSR count). The molecule has 0 heterocycles. The zero-order valence-corrected chi connectivity index (χ0v) is 9.38. The van der Waals surface area contributed by atoms with Gasteiger partial charge in [0.25, 0.3) is 0 Å². The SMILES string of the molecule is O=C(O)CCCNCCc1ccc(F)cc1F. The fraction of sp³-hybridized carbons (Fsp3) is 0.417. The van der Waals surface area contributed by atoms with E-state index in [1.807, 2.05) is 0 Å². The molecule has 1 aromatic rings. The van der Waals surface area contributed by atoms with E-state index in [0.29, 0.717) is 31.5 Å². The van der Waals surface area contributed by atoms with Crippen LogP contribution in [0.15, 0.2) is 18.2 Å². The Labute approximate surface area is 98.5 Å². The quantitative estimate of drug-likeness (QED) is 0.720. The molecule has 0 aliphatic heterocycles. The van der Waals surface area contributed by atoms with E-state index >= 15 is 0 Å². The highest BCUT2D eigenvalue weighted by molar-refractivity contribution is 5.66. The van der Waals surface area contributed by atoms with E-state index in [1.165, 1.54) is 12.1 Å². The molecular weight excluding hydrogens is 228 g/mol. The van der Waals surface area contributed by atoms with Crippen molar-refractivity contribution in [1.29, 1.82) is 0 Å². The monoisotopic (exact) mass is 243 g/mol. The number of carboxylic acid groups (broad SMARTS) is 1. The van der Waals surface area contributed by atoms with E-state index in [4.69, 9.17) is 5.11 Å². The Morgan fingerprint density at radius 3 is 2.71 bits per heavy atom. The molecule has 0 aromatic heterocycles. The van der Waals surface area contributed by atoms with Crippen molar-refractivity contribution in [3.8, 4) is 0 Å². The van der Waals surface area contributed by atoms with Gasteiger partial charge in [0.05, 0.1) is 0 Å². The molecule has 94 valence electrons. The molecule has 0 radical (unpaired) electrons. The van der Waals surface area contributed by atoms with Crippen LogP contribution in [0.5, 0.6) is 0 Å². The van der Waals surface area contributed by atoms with E-state index in [0.717, 1.165) is 6.07 Å². The van der Waals surface area contributed by atoms with Crippen molar-refractivity contribution in [2.45, 2.75) is 19.3 Å². The van der Waals surface area contributed by atoms with Crippen molar-refractivity contribution < 1.29 is 18.7 Å². The first-order chi connectivity index (χ1) is 8.09. The molecule has 0 bridgehead atoms. The van der Waals surface area contributed by atoms with Gasteiger partial charge in [-0.15, -0.1) is 0 Å². The first-order valence-corrected chi connectivity index (χ1v) is 5.46. The third kappa shape index (κ3) is 5.40. The minimum absolute atomic E-state index is 0.123. The third-order valence-corrected chi connectivity index (χ3v) is 2.33. The average molecular weight is 243 g/mol. The van der Waals surface area contributed by atoms with Gasteiger partial charge in [0.2, 0.25) is 0 Å². The van der Waals surface area contributed by atoms with Gasteiger partial charge in [0.1, 0.15) is 11.6 Å². The second kappa shape index (κ2) is 6.96. The van der Waals surface area contributed by atoms with E-state index < -0.39 is 17.6 Å². The first-order valence-electron chi connectivity index (χ1n) is 5.46. The van der Waals surface area contributed by atoms with Gasteiger partial charge in [-0.25, -0.2) is 8.78 Å². The lowest BCUT2D eigenvalue weighted by Crippen LogP contribution is -2.19. The lowest BCUT2D eigenvalue weighted by atomic mass is 10.1. The number of aliphatic carboxylic acids is 1. The summed E-state index contributed by atoms with van der Waals surface area (Å²) in [6, 6.07) is 3.51. The second-order valence-electron chi connectivity index (χ2n) is 3.73. The molecule has 0 amide bonds. The number of hydrogen-bond donors (Lipinski definition) is 2. The molecule has 2 N–H and O–H groups in total. The summed E-state index contributed by atoms with van der Waals surface area (Å²) in [4.78, 5) is 10.2. The molecule has 0 atom stereocenters. The lowest BCUT2D eigenvalue weighted by molar-refractivity contribution is -0.137. The van der Waals surface area contributed by atoms with Gasteiger partial charge in [-0.05, 0) is 37.6 Å². The van der Waals surface area contributed by atoms with E-state index in [-0.39, 0.29) is 6.42 Å². The summed E-state index contributed by atoms with van der Waals surface area (Å²) in [6.45, 7) is 1.12. The van der Waals surface area contributed by atoms with Crippen molar-refractivity contribution in [2.24, 2.45) is 0 Å². The Bertz CT molecular complexity index is 383. The summed E-state index contributed by atoms with van der Waals surface area (Å²) < 4.78 is 25.8. The number of rotatable bonds is 7. The van der Waals surface area contributed by atoms with Gasteiger partial charge in [-0.1, -0.05) is 6.07 Å². The molecule has 17 heavy (non-hydrogen) atoms. The Morgan fingerprint density at radius 1 is 1.29 bits per heavy atom. The average Bonchev–Trinajstić information content (AvgIpc) is 2.25. The van der Waals surface area contributed by atoms with Crippen LogP contribution in [0.2, 0.25) is 0 Å². The van der Waals surface area contributed by atoms with E-state index in [9.17, 15) is 13.6 Å². The number of nitrogens with one attached hydrogen (secondary N) is 1. The van der Waals surface area contributed by atoms with Gasteiger partial charge in [-0.3, -0.25) is 4.79 Å². The van der Waals surface area contributed by atoms with Gasteiger partial charge in [0, 0.05) is 12.5 Å². The fourth-order valence-electron chi connectivity index (χ4n) is 1.44. The smallest absolute Gasteiger partial charge is 0.303 e. The number of hydrogen-bond acceptors (Lipinski definition) is 2. The number of carboxylic acids is 1. The fourth-order valence-corrected chi connectivity index (χ4v) is 1.44. The predicted octanol–water partition coefficient (Wildman–Crippen LogP) is 1.96. The summed E-state index contributed by atoms with van der Waals surface area (Å²) in [6.07, 6.45) is 1.12. The Kier molecular flexibility index (Phi) is 5.56. The Balaban J connectivity index is 2.20. The van der Waals surface area contributed by atoms with Crippen molar-refractivity contribution in [2.75, 3.05) is 13.1 Å². The van der Waals surface area contributed by atoms with E-state index in [2.05, 4.69) is 5.32 Å². The van der Waals surface area contributed by atoms with Crippen molar-refractivity contribution in [3.05, 3.63) is 35.4 Å². The molecule has 3 nitrogen and oxygen atoms in total. The van der Waals surface area contributed by atoms with Crippen molar-refractivity contribution in [1.82, 2.24) is 5.32 Å². The van der Waals surface area contributed by atoms with Crippen LogP contribution in [0.3, 0.4) is 0 Å². The molecule has 0 aliphatic carbocycles. The van der Waals surface area contributed by atoms with Crippen LogP contribution in [0.1, 0.15) is 18.4 Å².